The highest BCUT2D eigenvalue weighted by Gasteiger charge is 1.98. The topological polar surface area (TPSA) is 24.9 Å². The number of hydrogen-bond acceptors (Lipinski definition) is 2. The van der Waals surface area contributed by atoms with Crippen molar-refractivity contribution in [3.63, 3.8) is 0 Å². The van der Waals surface area contributed by atoms with Crippen molar-refractivity contribution in [3.05, 3.63) is 58.3 Å². The maximum Gasteiger partial charge on any atom is 0.0418 e. The Morgan fingerprint density at radius 3 is 2.94 bits per heavy atom. The van der Waals surface area contributed by atoms with Gasteiger partial charge in [0.1, 0.15) is 0 Å². The summed E-state index contributed by atoms with van der Waals surface area (Å²) in [5.74, 6) is 0. The van der Waals surface area contributed by atoms with Crippen LogP contribution in [-0.4, -0.2) is 4.98 Å². The summed E-state index contributed by atoms with van der Waals surface area (Å²) in [4.78, 5) is 4.13. The fraction of sp³-hybridized carbons (Fsp3) is 0.154. The maximum absolute atomic E-state index is 4.13. The van der Waals surface area contributed by atoms with Crippen LogP contribution in [0.3, 0.4) is 0 Å². The Morgan fingerprint density at radius 2 is 2.19 bits per heavy atom. The Hall–Kier alpha value is -1.35. The van der Waals surface area contributed by atoms with Gasteiger partial charge in [0.2, 0.25) is 0 Å². The molecule has 0 radical (unpaired) electrons. The number of nitrogens with one attached hydrogen (secondary N) is 1. The molecule has 2 aromatic rings. The van der Waals surface area contributed by atoms with Crippen molar-refractivity contribution in [2.24, 2.45) is 0 Å². The molecule has 0 aliphatic carbocycles. The molecule has 0 amide bonds. The molecular formula is C13H13BrN2. The van der Waals surface area contributed by atoms with Gasteiger partial charge in [-0.15, -0.1) is 0 Å². The molecule has 0 saturated heterocycles. The van der Waals surface area contributed by atoms with Crippen molar-refractivity contribution < 1.29 is 0 Å². The van der Waals surface area contributed by atoms with E-state index in [0.29, 0.717) is 0 Å². The third kappa shape index (κ3) is 2.83. The zero-order valence-electron chi connectivity index (χ0n) is 9.07. The summed E-state index contributed by atoms with van der Waals surface area (Å²) < 4.78 is 1.08. The van der Waals surface area contributed by atoms with Gasteiger partial charge in [-0.1, -0.05) is 22.0 Å². The third-order valence-electron chi connectivity index (χ3n) is 2.46. The molecule has 3 heteroatoms. The summed E-state index contributed by atoms with van der Waals surface area (Å²) in [5, 5.41) is 3.37. The van der Waals surface area contributed by atoms with Crippen LogP contribution in [0.25, 0.3) is 0 Å². The van der Waals surface area contributed by atoms with E-state index in [1.165, 1.54) is 11.1 Å². The molecule has 2 rings (SSSR count). The van der Waals surface area contributed by atoms with Crippen LogP contribution in [0.5, 0.6) is 0 Å². The number of hydrogen-bond donors (Lipinski definition) is 1. The van der Waals surface area contributed by atoms with Gasteiger partial charge in [0.05, 0.1) is 0 Å². The molecular weight excluding hydrogens is 264 g/mol. The Kier molecular flexibility index (Phi) is 3.57. The minimum absolute atomic E-state index is 0.802. The van der Waals surface area contributed by atoms with Gasteiger partial charge in [-0.05, 0) is 42.3 Å². The molecule has 0 saturated carbocycles. The third-order valence-corrected chi connectivity index (χ3v) is 2.95. The minimum atomic E-state index is 0.802. The molecule has 1 heterocycles. The number of nitrogens with zero attached hydrogens (tertiary/aromatic N) is 1. The van der Waals surface area contributed by atoms with Crippen molar-refractivity contribution in [1.82, 2.24) is 4.98 Å². The van der Waals surface area contributed by atoms with Crippen molar-refractivity contribution in [3.8, 4) is 0 Å². The Morgan fingerprint density at radius 1 is 1.31 bits per heavy atom. The molecule has 0 spiro atoms. The van der Waals surface area contributed by atoms with E-state index in [2.05, 4.69) is 45.3 Å². The molecule has 0 bridgehead atoms. The number of anilines is 1. The van der Waals surface area contributed by atoms with Crippen LogP contribution in [0.1, 0.15) is 11.1 Å². The lowest BCUT2D eigenvalue weighted by atomic mass is 10.1. The first-order valence-corrected chi connectivity index (χ1v) is 5.94. The van der Waals surface area contributed by atoms with Gasteiger partial charge in [-0.3, -0.25) is 4.98 Å². The highest BCUT2D eigenvalue weighted by molar-refractivity contribution is 9.10. The predicted molar refractivity (Wildman–Crippen MR) is 70.4 cm³/mol. The van der Waals surface area contributed by atoms with Crippen LogP contribution < -0.4 is 5.32 Å². The van der Waals surface area contributed by atoms with Crippen LogP contribution in [0.15, 0.2) is 47.2 Å². The van der Waals surface area contributed by atoms with E-state index in [4.69, 9.17) is 0 Å². The molecule has 0 fully saturated rings. The molecule has 1 aromatic heterocycles. The van der Waals surface area contributed by atoms with Crippen molar-refractivity contribution in [2.45, 2.75) is 13.5 Å². The van der Waals surface area contributed by atoms with Crippen LogP contribution in [0.2, 0.25) is 0 Å². The van der Waals surface area contributed by atoms with Gasteiger partial charge in [-0.25, -0.2) is 0 Å². The molecule has 1 N–H and O–H groups in total. The second-order valence-corrected chi connectivity index (χ2v) is 4.58. The van der Waals surface area contributed by atoms with Crippen molar-refractivity contribution >= 4 is 21.6 Å². The number of rotatable bonds is 3. The van der Waals surface area contributed by atoms with Gasteiger partial charge < -0.3 is 5.32 Å². The summed E-state index contributed by atoms with van der Waals surface area (Å²) in [5.41, 5.74) is 3.60. The van der Waals surface area contributed by atoms with Gasteiger partial charge in [-0.2, -0.15) is 0 Å². The van der Waals surface area contributed by atoms with Gasteiger partial charge in [0.15, 0.2) is 0 Å². The van der Waals surface area contributed by atoms with E-state index in [1.807, 2.05) is 30.6 Å². The number of pyridine rings is 1. The normalized spacial score (nSPS) is 10.1. The summed E-state index contributed by atoms with van der Waals surface area (Å²) in [7, 11) is 0. The summed E-state index contributed by atoms with van der Waals surface area (Å²) >= 11 is 3.45. The molecule has 2 nitrogen and oxygen atoms in total. The first-order valence-electron chi connectivity index (χ1n) is 5.14. The summed E-state index contributed by atoms with van der Waals surface area (Å²) in [6, 6.07) is 10.2. The number of halogens is 1. The lowest BCUT2D eigenvalue weighted by molar-refractivity contribution is 1.08. The molecule has 16 heavy (non-hydrogen) atoms. The Bertz CT molecular complexity index is 483. The van der Waals surface area contributed by atoms with Crippen LogP contribution >= 0.6 is 15.9 Å². The predicted octanol–water partition coefficient (Wildman–Crippen LogP) is 3.76. The Balaban J connectivity index is 2.05. The van der Waals surface area contributed by atoms with E-state index in [0.717, 1.165) is 16.7 Å². The number of benzene rings is 1. The average molecular weight is 277 g/mol. The zero-order valence-corrected chi connectivity index (χ0v) is 10.7. The first kappa shape index (κ1) is 11.1. The van der Waals surface area contributed by atoms with Gasteiger partial charge >= 0.3 is 0 Å². The Labute approximate surface area is 104 Å². The fourth-order valence-electron chi connectivity index (χ4n) is 1.48. The monoisotopic (exact) mass is 276 g/mol. The van der Waals surface area contributed by atoms with E-state index >= 15 is 0 Å². The molecule has 0 aliphatic rings. The molecule has 0 unspecified atom stereocenters. The number of aryl methyl sites for hydroxylation is 1. The largest absolute Gasteiger partial charge is 0.381 e. The van der Waals surface area contributed by atoms with Crippen LogP contribution in [-0.2, 0) is 6.54 Å². The summed E-state index contributed by atoms with van der Waals surface area (Å²) in [6.45, 7) is 2.90. The highest BCUT2D eigenvalue weighted by atomic mass is 79.9. The SMILES string of the molecule is Cc1ccncc1CNc1cccc(Br)c1. The quantitative estimate of drug-likeness (QED) is 0.923. The highest BCUT2D eigenvalue weighted by Crippen LogP contribution is 2.16. The van der Waals surface area contributed by atoms with Gasteiger partial charge in [0.25, 0.3) is 0 Å². The van der Waals surface area contributed by atoms with Gasteiger partial charge in [0, 0.05) is 29.1 Å². The smallest absolute Gasteiger partial charge is 0.0418 e. The first-order chi connectivity index (χ1) is 7.75. The van der Waals surface area contributed by atoms with Crippen molar-refractivity contribution in [1.29, 1.82) is 0 Å². The lowest BCUT2D eigenvalue weighted by Gasteiger charge is -2.08. The lowest BCUT2D eigenvalue weighted by Crippen LogP contribution is -2.01. The zero-order chi connectivity index (χ0) is 11.4. The second kappa shape index (κ2) is 5.12. The standard InChI is InChI=1S/C13H13BrN2/c1-10-5-6-15-8-11(10)9-16-13-4-2-3-12(14)7-13/h2-8,16H,9H2,1H3. The molecule has 1 aromatic carbocycles. The van der Waals surface area contributed by atoms with E-state index < -0.39 is 0 Å². The minimum Gasteiger partial charge on any atom is -0.381 e. The van der Waals surface area contributed by atoms with E-state index in [-0.39, 0.29) is 0 Å². The summed E-state index contributed by atoms with van der Waals surface area (Å²) in [6.07, 6.45) is 3.72. The fourth-order valence-corrected chi connectivity index (χ4v) is 1.88. The van der Waals surface area contributed by atoms with Crippen LogP contribution in [0, 0.1) is 6.92 Å². The van der Waals surface area contributed by atoms with Crippen molar-refractivity contribution in [2.75, 3.05) is 5.32 Å². The molecule has 0 atom stereocenters. The van der Waals surface area contributed by atoms with E-state index in [9.17, 15) is 0 Å². The average Bonchev–Trinajstić information content (AvgIpc) is 2.28. The maximum atomic E-state index is 4.13. The molecule has 82 valence electrons. The second-order valence-electron chi connectivity index (χ2n) is 3.67. The van der Waals surface area contributed by atoms with Crippen LogP contribution in [0.4, 0.5) is 5.69 Å². The molecule has 0 aliphatic heterocycles. The van der Waals surface area contributed by atoms with E-state index in [1.54, 1.807) is 0 Å². The number of aromatic nitrogens is 1.